The van der Waals surface area contributed by atoms with Gasteiger partial charge in [0.05, 0.1) is 12.4 Å². The van der Waals surface area contributed by atoms with E-state index >= 15 is 0 Å². The first-order valence-electron chi connectivity index (χ1n) is 5.70. The number of nitrogens with zero attached hydrogens (tertiary/aromatic N) is 1. The molecule has 0 spiro atoms. The molecule has 0 radical (unpaired) electrons. The van der Waals surface area contributed by atoms with E-state index in [4.69, 9.17) is 5.11 Å². The van der Waals surface area contributed by atoms with Crippen LogP contribution in [0, 0.1) is 0 Å². The molecular weight excluding hydrogens is 238 g/mol. The molecule has 5 heteroatoms. The third kappa shape index (κ3) is 3.80. The van der Waals surface area contributed by atoms with Crippen molar-refractivity contribution < 1.29 is 13.5 Å². The molecule has 0 unspecified atom stereocenters. The Balaban J connectivity index is 2.82. The van der Waals surface area contributed by atoms with Crippen molar-refractivity contribution in [1.29, 1.82) is 0 Å². The number of rotatable bonds is 6. The Morgan fingerprint density at radius 2 is 1.53 bits per heavy atom. The molecule has 0 aromatic heterocycles. The summed E-state index contributed by atoms with van der Waals surface area (Å²) in [5.74, 6) is 0.0143. The smallest absolute Gasteiger partial charge is 0.218 e. The average Bonchev–Trinajstić information content (AvgIpc) is 2.30. The van der Waals surface area contributed by atoms with Crippen LogP contribution in [0.3, 0.4) is 0 Å². The normalized spacial score (nSPS) is 12.0. The van der Waals surface area contributed by atoms with E-state index in [9.17, 15) is 8.42 Å². The van der Waals surface area contributed by atoms with E-state index in [1.807, 2.05) is 13.8 Å². The summed E-state index contributed by atoms with van der Waals surface area (Å²) in [6.45, 7) is 4.62. The highest BCUT2D eigenvalue weighted by molar-refractivity contribution is 7.88. The number of benzene rings is 1. The van der Waals surface area contributed by atoms with E-state index in [2.05, 4.69) is 0 Å². The molecule has 0 aliphatic rings. The van der Waals surface area contributed by atoms with Gasteiger partial charge >= 0.3 is 0 Å². The highest BCUT2D eigenvalue weighted by Crippen LogP contribution is 2.11. The maximum Gasteiger partial charge on any atom is 0.218 e. The van der Waals surface area contributed by atoms with Crippen LogP contribution in [0.2, 0.25) is 0 Å². The molecule has 0 saturated heterocycles. The Bertz CT molecular complexity index is 435. The first-order valence-corrected chi connectivity index (χ1v) is 7.31. The van der Waals surface area contributed by atoms with Crippen molar-refractivity contribution in [2.75, 3.05) is 13.1 Å². The minimum atomic E-state index is -3.22. The topological polar surface area (TPSA) is 57.6 Å². The van der Waals surface area contributed by atoms with Gasteiger partial charge in [-0.15, -0.1) is 0 Å². The van der Waals surface area contributed by atoms with Crippen molar-refractivity contribution in [3.8, 4) is 0 Å². The van der Waals surface area contributed by atoms with Crippen molar-refractivity contribution in [3.05, 3.63) is 35.4 Å². The predicted octanol–water partition coefficient (Wildman–Crippen LogP) is 1.35. The van der Waals surface area contributed by atoms with E-state index < -0.39 is 10.0 Å². The minimum Gasteiger partial charge on any atom is -0.392 e. The number of hydrogen-bond donors (Lipinski definition) is 1. The van der Waals surface area contributed by atoms with Gasteiger partial charge in [0, 0.05) is 13.1 Å². The van der Waals surface area contributed by atoms with Crippen LogP contribution < -0.4 is 0 Å². The maximum absolute atomic E-state index is 12.0. The highest BCUT2D eigenvalue weighted by atomic mass is 32.2. The van der Waals surface area contributed by atoms with Crippen molar-refractivity contribution >= 4 is 10.0 Å². The Hall–Kier alpha value is -0.910. The van der Waals surface area contributed by atoms with Gasteiger partial charge in [-0.2, -0.15) is 0 Å². The maximum atomic E-state index is 12.0. The van der Waals surface area contributed by atoms with Crippen molar-refractivity contribution in [2.24, 2.45) is 0 Å². The highest BCUT2D eigenvalue weighted by Gasteiger charge is 2.18. The summed E-state index contributed by atoms with van der Waals surface area (Å²) in [7, 11) is -3.22. The Kier molecular flexibility index (Phi) is 5.11. The summed E-state index contributed by atoms with van der Waals surface area (Å²) >= 11 is 0. The lowest BCUT2D eigenvalue weighted by molar-refractivity contribution is 0.282. The van der Waals surface area contributed by atoms with E-state index in [-0.39, 0.29) is 12.4 Å². The van der Waals surface area contributed by atoms with Crippen LogP contribution in [0.1, 0.15) is 25.0 Å². The first kappa shape index (κ1) is 14.2. The molecule has 96 valence electrons. The second-order valence-electron chi connectivity index (χ2n) is 3.82. The molecule has 4 nitrogen and oxygen atoms in total. The van der Waals surface area contributed by atoms with Gasteiger partial charge < -0.3 is 5.11 Å². The minimum absolute atomic E-state index is 0.0143. The molecular formula is C12H19NO3S. The van der Waals surface area contributed by atoms with Crippen molar-refractivity contribution in [2.45, 2.75) is 26.2 Å². The summed E-state index contributed by atoms with van der Waals surface area (Å²) in [6, 6.07) is 6.97. The lowest BCUT2D eigenvalue weighted by Crippen LogP contribution is -2.31. The zero-order valence-corrected chi connectivity index (χ0v) is 11.1. The van der Waals surface area contributed by atoms with Gasteiger partial charge in [-0.05, 0) is 11.1 Å². The molecule has 17 heavy (non-hydrogen) atoms. The average molecular weight is 257 g/mol. The van der Waals surface area contributed by atoms with Crippen LogP contribution in [-0.4, -0.2) is 30.9 Å². The number of hydrogen-bond acceptors (Lipinski definition) is 3. The molecule has 0 amide bonds. The molecule has 0 bridgehead atoms. The monoisotopic (exact) mass is 257 g/mol. The summed E-state index contributed by atoms with van der Waals surface area (Å²) < 4.78 is 25.4. The molecule has 0 aliphatic carbocycles. The van der Waals surface area contributed by atoms with E-state index in [0.717, 1.165) is 11.1 Å². The molecule has 1 aromatic rings. The van der Waals surface area contributed by atoms with E-state index in [0.29, 0.717) is 13.1 Å². The fourth-order valence-electron chi connectivity index (χ4n) is 1.66. The van der Waals surface area contributed by atoms with Gasteiger partial charge in [-0.25, -0.2) is 12.7 Å². The van der Waals surface area contributed by atoms with Crippen LogP contribution in [0.15, 0.2) is 24.3 Å². The zero-order chi connectivity index (χ0) is 12.9. The van der Waals surface area contributed by atoms with Crippen LogP contribution in [-0.2, 0) is 22.4 Å². The van der Waals surface area contributed by atoms with Crippen LogP contribution in [0.5, 0.6) is 0 Å². The van der Waals surface area contributed by atoms with Gasteiger partial charge in [-0.1, -0.05) is 38.1 Å². The Labute approximate surface area is 103 Å². The summed E-state index contributed by atoms with van der Waals surface area (Å²) in [5.41, 5.74) is 1.53. The van der Waals surface area contributed by atoms with E-state index in [1.54, 1.807) is 24.3 Å². The van der Waals surface area contributed by atoms with Crippen LogP contribution in [0.4, 0.5) is 0 Å². The quantitative estimate of drug-likeness (QED) is 0.837. The number of aliphatic hydroxyl groups is 1. The number of sulfonamides is 1. The summed E-state index contributed by atoms with van der Waals surface area (Å²) in [4.78, 5) is 0. The second kappa shape index (κ2) is 6.14. The van der Waals surface area contributed by atoms with Crippen LogP contribution >= 0.6 is 0 Å². The third-order valence-electron chi connectivity index (χ3n) is 2.65. The lowest BCUT2D eigenvalue weighted by Gasteiger charge is -2.18. The Morgan fingerprint density at radius 1 is 1.06 bits per heavy atom. The lowest BCUT2D eigenvalue weighted by atomic mass is 10.2. The Morgan fingerprint density at radius 3 is 1.94 bits per heavy atom. The van der Waals surface area contributed by atoms with Gasteiger partial charge in [0.2, 0.25) is 10.0 Å². The molecule has 0 fully saturated rings. The molecule has 0 saturated carbocycles. The standard InChI is InChI=1S/C12H19NO3S/c1-3-13(4-2)17(15,16)10-12-7-5-11(9-14)6-8-12/h5-8,14H,3-4,9-10H2,1-2H3. The fourth-order valence-corrected chi connectivity index (χ4v) is 3.24. The molecule has 1 N–H and O–H groups in total. The summed E-state index contributed by atoms with van der Waals surface area (Å²) in [6.07, 6.45) is 0. The van der Waals surface area contributed by atoms with Crippen LogP contribution in [0.25, 0.3) is 0 Å². The molecule has 0 atom stereocenters. The van der Waals surface area contributed by atoms with Gasteiger partial charge in [0.1, 0.15) is 0 Å². The van der Waals surface area contributed by atoms with Crippen molar-refractivity contribution in [1.82, 2.24) is 4.31 Å². The van der Waals surface area contributed by atoms with E-state index in [1.165, 1.54) is 4.31 Å². The van der Waals surface area contributed by atoms with Gasteiger partial charge in [-0.3, -0.25) is 0 Å². The zero-order valence-electron chi connectivity index (χ0n) is 10.3. The SMILES string of the molecule is CCN(CC)S(=O)(=O)Cc1ccc(CO)cc1. The molecule has 0 aliphatic heterocycles. The second-order valence-corrected chi connectivity index (χ2v) is 5.78. The van der Waals surface area contributed by atoms with Crippen molar-refractivity contribution in [3.63, 3.8) is 0 Å². The van der Waals surface area contributed by atoms with Gasteiger partial charge in [0.25, 0.3) is 0 Å². The summed E-state index contributed by atoms with van der Waals surface area (Å²) in [5, 5.41) is 8.90. The molecule has 1 rings (SSSR count). The molecule has 1 aromatic carbocycles. The third-order valence-corrected chi connectivity index (χ3v) is 4.65. The molecule has 0 heterocycles. The first-order chi connectivity index (χ1) is 8.03. The van der Waals surface area contributed by atoms with Gasteiger partial charge in [0.15, 0.2) is 0 Å². The fraction of sp³-hybridized carbons (Fsp3) is 0.500. The largest absolute Gasteiger partial charge is 0.392 e. The number of aliphatic hydroxyl groups excluding tert-OH is 1. The predicted molar refractivity (Wildman–Crippen MR) is 67.9 cm³/mol.